The molecule has 0 bridgehead atoms. The molecule has 1 aliphatic rings. The molecular formula is C27H25Cl2NO4. The third-order valence-corrected chi connectivity index (χ3v) is 6.50. The monoisotopic (exact) mass is 497 g/mol. The van der Waals surface area contributed by atoms with E-state index in [2.05, 4.69) is 0 Å². The maximum atomic E-state index is 13.4. The Morgan fingerprint density at radius 3 is 2.59 bits per heavy atom. The zero-order valence-electron chi connectivity index (χ0n) is 18.8. The molecule has 0 saturated heterocycles. The average Bonchev–Trinajstić information content (AvgIpc) is 3.12. The molecular weight excluding hydrogens is 473 g/mol. The first kappa shape index (κ1) is 24.1. The van der Waals surface area contributed by atoms with Crippen LogP contribution in [0.2, 0.25) is 10.0 Å². The Hall–Kier alpha value is -3.02. The molecule has 0 unspecified atom stereocenters. The number of fused-ring (bicyclic) bond motifs is 1. The van der Waals surface area contributed by atoms with Crippen LogP contribution in [0.5, 0.6) is 5.75 Å². The number of rotatable bonds is 8. The molecule has 3 aromatic carbocycles. The van der Waals surface area contributed by atoms with Gasteiger partial charge in [0.15, 0.2) is 0 Å². The Labute approximate surface area is 208 Å². The van der Waals surface area contributed by atoms with Crippen LogP contribution in [0.25, 0.3) is 0 Å². The first-order valence-electron chi connectivity index (χ1n) is 11.0. The van der Waals surface area contributed by atoms with E-state index in [1.807, 2.05) is 61.5 Å². The van der Waals surface area contributed by atoms with Gasteiger partial charge in [-0.1, -0.05) is 53.5 Å². The SMILES string of the molecule is C[C@]1(Cc2cccc(Cl)c2)Cc2cc(C(=O)N(CCC(=O)O)Cc3ccccc3Cl)ccc2O1. The first-order valence-corrected chi connectivity index (χ1v) is 11.8. The van der Waals surface area contributed by atoms with Crippen LogP contribution in [0.1, 0.15) is 40.4 Å². The second kappa shape index (κ2) is 10.1. The third kappa shape index (κ3) is 5.72. The molecule has 1 N–H and O–H groups in total. The van der Waals surface area contributed by atoms with Gasteiger partial charge in [0.05, 0.1) is 6.42 Å². The van der Waals surface area contributed by atoms with Crippen molar-refractivity contribution in [2.75, 3.05) is 6.54 Å². The second-order valence-corrected chi connectivity index (χ2v) is 9.66. The number of benzene rings is 3. The molecule has 0 aliphatic carbocycles. The number of carbonyl (C=O) groups is 2. The van der Waals surface area contributed by atoms with E-state index >= 15 is 0 Å². The number of ether oxygens (including phenoxy) is 1. The van der Waals surface area contributed by atoms with Crippen molar-refractivity contribution in [2.45, 2.75) is 38.3 Å². The highest BCUT2D eigenvalue weighted by molar-refractivity contribution is 6.31. The fourth-order valence-electron chi connectivity index (χ4n) is 4.33. The minimum Gasteiger partial charge on any atom is -0.487 e. The molecule has 5 nitrogen and oxygen atoms in total. The highest BCUT2D eigenvalue weighted by Crippen LogP contribution is 2.38. The predicted molar refractivity (Wildman–Crippen MR) is 133 cm³/mol. The summed E-state index contributed by atoms with van der Waals surface area (Å²) in [5.74, 6) is -0.451. The van der Waals surface area contributed by atoms with Crippen LogP contribution in [0.15, 0.2) is 66.7 Å². The van der Waals surface area contributed by atoms with Crippen LogP contribution in [0.3, 0.4) is 0 Å². The van der Waals surface area contributed by atoms with Gasteiger partial charge in [0.2, 0.25) is 0 Å². The molecule has 0 saturated carbocycles. The van der Waals surface area contributed by atoms with Crippen molar-refractivity contribution >= 4 is 35.1 Å². The highest BCUT2D eigenvalue weighted by Gasteiger charge is 2.35. The summed E-state index contributed by atoms with van der Waals surface area (Å²) < 4.78 is 6.26. The second-order valence-electron chi connectivity index (χ2n) is 8.82. The minimum absolute atomic E-state index is 0.0828. The maximum Gasteiger partial charge on any atom is 0.305 e. The molecule has 34 heavy (non-hydrogen) atoms. The van der Waals surface area contributed by atoms with Crippen molar-refractivity contribution in [3.63, 3.8) is 0 Å². The van der Waals surface area contributed by atoms with Crippen LogP contribution in [-0.2, 0) is 24.2 Å². The van der Waals surface area contributed by atoms with Gasteiger partial charge < -0.3 is 14.7 Å². The summed E-state index contributed by atoms with van der Waals surface area (Å²) in [5.41, 5.74) is 2.84. The van der Waals surface area contributed by atoms with Gasteiger partial charge >= 0.3 is 5.97 Å². The third-order valence-electron chi connectivity index (χ3n) is 5.90. The molecule has 1 atom stereocenters. The quantitative estimate of drug-likeness (QED) is 0.411. The van der Waals surface area contributed by atoms with Crippen molar-refractivity contribution in [2.24, 2.45) is 0 Å². The lowest BCUT2D eigenvalue weighted by Crippen LogP contribution is -2.33. The largest absolute Gasteiger partial charge is 0.487 e. The lowest BCUT2D eigenvalue weighted by molar-refractivity contribution is -0.137. The number of hydrogen-bond donors (Lipinski definition) is 1. The van der Waals surface area contributed by atoms with E-state index in [4.69, 9.17) is 33.0 Å². The van der Waals surface area contributed by atoms with Crippen LogP contribution >= 0.6 is 23.2 Å². The molecule has 3 aromatic rings. The van der Waals surface area contributed by atoms with Crippen molar-refractivity contribution in [1.82, 2.24) is 4.90 Å². The van der Waals surface area contributed by atoms with E-state index in [1.165, 1.54) is 4.90 Å². The van der Waals surface area contributed by atoms with Crippen LogP contribution in [0.4, 0.5) is 0 Å². The smallest absolute Gasteiger partial charge is 0.305 e. The average molecular weight is 498 g/mol. The standard InChI is InChI=1S/C27H25Cl2NO4/c1-27(15-18-5-4-7-22(28)13-18)16-21-14-19(9-10-24(21)34-27)26(33)30(12-11-25(31)32)17-20-6-2-3-8-23(20)29/h2-10,13-14H,11-12,15-17H2,1H3,(H,31,32)/t27-/m0/s1. The Morgan fingerprint density at radius 2 is 1.85 bits per heavy atom. The number of carboxylic acid groups (broad SMARTS) is 1. The summed E-state index contributed by atoms with van der Waals surface area (Å²) in [5, 5.41) is 10.4. The zero-order chi connectivity index (χ0) is 24.3. The summed E-state index contributed by atoms with van der Waals surface area (Å²) >= 11 is 12.4. The molecule has 0 spiro atoms. The van der Waals surface area contributed by atoms with E-state index in [-0.39, 0.29) is 25.4 Å². The van der Waals surface area contributed by atoms with E-state index in [0.717, 1.165) is 22.4 Å². The van der Waals surface area contributed by atoms with Crippen molar-refractivity contribution in [1.29, 1.82) is 0 Å². The van der Waals surface area contributed by atoms with Gasteiger partial charge in [0, 0.05) is 41.5 Å². The molecule has 1 aliphatic heterocycles. The van der Waals surface area contributed by atoms with E-state index in [9.17, 15) is 9.59 Å². The summed E-state index contributed by atoms with van der Waals surface area (Å²) in [6.45, 7) is 2.36. The number of aliphatic carboxylic acids is 1. The molecule has 7 heteroatoms. The molecule has 0 radical (unpaired) electrons. The Morgan fingerprint density at radius 1 is 1.06 bits per heavy atom. The van der Waals surface area contributed by atoms with Crippen molar-refractivity contribution < 1.29 is 19.4 Å². The van der Waals surface area contributed by atoms with Gasteiger partial charge in [-0.15, -0.1) is 0 Å². The number of halogens is 2. The zero-order valence-corrected chi connectivity index (χ0v) is 20.3. The van der Waals surface area contributed by atoms with Crippen LogP contribution in [-0.4, -0.2) is 34.0 Å². The number of carbonyl (C=O) groups excluding carboxylic acids is 1. The van der Waals surface area contributed by atoms with Gasteiger partial charge in [0.1, 0.15) is 11.4 Å². The van der Waals surface area contributed by atoms with E-state index in [1.54, 1.807) is 12.1 Å². The minimum atomic E-state index is -0.962. The Kier molecular flexibility index (Phi) is 7.15. The number of carboxylic acids is 1. The van der Waals surface area contributed by atoms with Gasteiger partial charge in [-0.25, -0.2) is 0 Å². The summed E-state index contributed by atoms with van der Waals surface area (Å²) in [6.07, 6.45) is 1.18. The fourth-order valence-corrected chi connectivity index (χ4v) is 4.74. The fraction of sp³-hybridized carbons (Fsp3) is 0.259. The highest BCUT2D eigenvalue weighted by atomic mass is 35.5. The Balaban J connectivity index is 1.54. The van der Waals surface area contributed by atoms with Crippen molar-refractivity contribution in [3.05, 3.63) is 99.0 Å². The van der Waals surface area contributed by atoms with E-state index < -0.39 is 11.6 Å². The van der Waals surface area contributed by atoms with E-state index in [0.29, 0.717) is 28.5 Å². The number of amides is 1. The lowest BCUT2D eigenvalue weighted by Gasteiger charge is -2.24. The summed E-state index contributed by atoms with van der Waals surface area (Å²) in [6, 6.07) is 20.4. The van der Waals surface area contributed by atoms with Crippen LogP contribution < -0.4 is 4.74 Å². The van der Waals surface area contributed by atoms with Gasteiger partial charge in [0.25, 0.3) is 5.91 Å². The molecule has 0 aromatic heterocycles. The summed E-state index contributed by atoms with van der Waals surface area (Å²) in [7, 11) is 0. The topological polar surface area (TPSA) is 66.8 Å². The van der Waals surface area contributed by atoms with Gasteiger partial charge in [-0.2, -0.15) is 0 Å². The Bertz CT molecular complexity index is 1230. The van der Waals surface area contributed by atoms with Gasteiger partial charge in [-0.3, -0.25) is 9.59 Å². The lowest BCUT2D eigenvalue weighted by atomic mass is 9.91. The van der Waals surface area contributed by atoms with Gasteiger partial charge in [-0.05, 0) is 60.0 Å². The summed E-state index contributed by atoms with van der Waals surface area (Å²) in [4.78, 5) is 26.1. The first-order chi connectivity index (χ1) is 16.2. The number of hydrogen-bond acceptors (Lipinski definition) is 3. The predicted octanol–water partition coefficient (Wildman–Crippen LogP) is 6.05. The molecule has 176 valence electrons. The number of nitrogens with zero attached hydrogens (tertiary/aromatic N) is 1. The molecule has 0 fully saturated rings. The maximum absolute atomic E-state index is 13.4. The normalized spacial score (nSPS) is 16.6. The molecule has 4 rings (SSSR count). The van der Waals surface area contributed by atoms with Crippen LogP contribution in [0, 0.1) is 0 Å². The van der Waals surface area contributed by atoms with Crippen molar-refractivity contribution in [3.8, 4) is 5.75 Å². The molecule has 1 amide bonds. The molecule has 1 heterocycles.